The summed E-state index contributed by atoms with van der Waals surface area (Å²) in [5.74, 6) is -0.877. The number of likely N-dealkylation sites (tertiary alicyclic amines) is 1. The molecule has 1 saturated heterocycles. The van der Waals surface area contributed by atoms with Gasteiger partial charge >= 0.3 is 5.97 Å². The number of amides is 2. The van der Waals surface area contributed by atoms with Crippen LogP contribution in [0, 0.1) is 0 Å². The maximum Gasteiger partial charge on any atom is 0.338 e. The molecule has 2 amide bonds. The Morgan fingerprint density at radius 1 is 1.21 bits per heavy atom. The first kappa shape index (κ1) is 21.0. The molecule has 0 spiro atoms. The van der Waals surface area contributed by atoms with Crippen molar-refractivity contribution in [1.29, 1.82) is 0 Å². The molecule has 0 radical (unpaired) electrons. The molecule has 1 N–H and O–H groups in total. The number of hydrogen-bond acceptors (Lipinski definition) is 5. The summed E-state index contributed by atoms with van der Waals surface area (Å²) in [5.41, 5.74) is 0.924. The number of carbonyl (C=O) groups is 3. The number of nitrogens with one attached hydrogen (secondary N) is 1. The van der Waals surface area contributed by atoms with Crippen LogP contribution in [0.3, 0.4) is 0 Å². The minimum atomic E-state index is -0.826. The van der Waals surface area contributed by atoms with Gasteiger partial charge in [-0.15, -0.1) is 11.3 Å². The molecule has 29 heavy (non-hydrogen) atoms. The van der Waals surface area contributed by atoms with Crippen LogP contribution in [0.1, 0.15) is 59.6 Å². The second-order valence-corrected chi connectivity index (χ2v) is 8.09. The van der Waals surface area contributed by atoms with Crippen LogP contribution in [0.25, 0.3) is 0 Å². The van der Waals surface area contributed by atoms with E-state index < -0.39 is 12.1 Å². The van der Waals surface area contributed by atoms with E-state index >= 15 is 0 Å². The number of nitrogens with zero attached hydrogens (tertiary/aromatic N) is 1. The Morgan fingerprint density at radius 2 is 1.97 bits per heavy atom. The molecule has 1 aromatic carbocycles. The number of benzene rings is 1. The molecule has 0 saturated carbocycles. The number of hydrogen-bond donors (Lipinski definition) is 1. The smallest absolute Gasteiger partial charge is 0.338 e. The number of anilines is 1. The number of carbonyl (C=O) groups excluding carboxylic acids is 3. The van der Waals surface area contributed by atoms with E-state index in [0.29, 0.717) is 16.1 Å². The Balaban J connectivity index is 1.57. The van der Waals surface area contributed by atoms with E-state index in [-0.39, 0.29) is 17.9 Å². The minimum absolute atomic E-state index is 0.135. The standard InChI is InChI=1S/C22H26N2O4S/c1-3-18-7-4-5-13-24(18)21(26)15(2)28-22(27)16-9-11-17(12-10-16)23-20(25)19-8-6-14-29-19/h6,8-12,14-15,18H,3-5,7,13H2,1-2H3,(H,23,25). The molecule has 3 rings (SSSR count). The summed E-state index contributed by atoms with van der Waals surface area (Å²) in [6, 6.07) is 10.2. The molecule has 2 unspecified atom stereocenters. The van der Waals surface area contributed by atoms with Crippen LogP contribution >= 0.6 is 11.3 Å². The predicted molar refractivity (Wildman–Crippen MR) is 113 cm³/mol. The van der Waals surface area contributed by atoms with Crippen LogP contribution in [0.2, 0.25) is 0 Å². The second kappa shape index (κ2) is 9.69. The third-order valence-electron chi connectivity index (χ3n) is 5.14. The highest BCUT2D eigenvalue weighted by Gasteiger charge is 2.30. The number of piperidine rings is 1. The van der Waals surface area contributed by atoms with Crippen LogP contribution in [0.15, 0.2) is 41.8 Å². The largest absolute Gasteiger partial charge is 0.449 e. The molecule has 7 heteroatoms. The molecule has 2 atom stereocenters. The lowest BCUT2D eigenvalue weighted by Gasteiger charge is -2.36. The van der Waals surface area contributed by atoms with Gasteiger partial charge in [0, 0.05) is 18.3 Å². The normalized spacial score (nSPS) is 17.4. The molecule has 1 aliphatic rings. The number of esters is 1. The zero-order chi connectivity index (χ0) is 20.8. The lowest BCUT2D eigenvalue weighted by Crippen LogP contribution is -2.48. The van der Waals surface area contributed by atoms with Crippen molar-refractivity contribution in [2.75, 3.05) is 11.9 Å². The highest BCUT2D eigenvalue weighted by atomic mass is 32.1. The first-order chi connectivity index (χ1) is 14.0. The molecule has 6 nitrogen and oxygen atoms in total. The Kier molecular flexibility index (Phi) is 7.04. The summed E-state index contributed by atoms with van der Waals surface area (Å²) in [6.45, 7) is 4.42. The Morgan fingerprint density at radius 3 is 2.62 bits per heavy atom. The average Bonchev–Trinajstić information content (AvgIpc) is 3.28. The quantitative estimate of drug-likeness (QED) is 0.714. The fraction of sp³-hybridized carbons (Fsp3) is 0.409. The molecule has 1 aliphatic heterocycles. The zero-order valence-electron chi connectivity index (χ0n) is 16.7. The fourth-order valence-electron chi connectivity index (χ4n) is 3.52. The number of rotatable bonds is 6. The molecule has 2 heterocycles. The Labute approximate surface area is 174 Å². The maximum absolute atomic E-state index is 12.7. The molecule has 1 fully saturated rings. The van der Waals surface area contributed by atoms with Crippen molar-refractivity contribution in [1.82, 2.24) is 4.90 Å². The van der Waals surface area contributed by atoms with Gasteiger partial charge in [0.2, 0.25) is 0 Å². The van der Waals surface area contributed by atoms with Crippen molar-refractivity contribution in [3.05, 3.63) is 52.2 Å². The molecule has 0 aliphatic carbocycles. The molecule has 2 aromatic rings. The van der Waals surface area contributed by atoms with Gasteiger partial charge in [0.1, 0.15) is 0 Å². The van der Waals surface area contributed by atoms with Gasteiger partial charge in [-0.3, -0.25) is 9.59 Å². The third kappa shape index (κ3) is 5.23. The molecule has 0 bridgehead atoms. The van der Waals surface area contributed by atoms with Crippen LogP contribution < -0.4 is 5.32 Å². The summed E-state index contributed by atoms with van der Waals surface area (Å²) in [5, 5.41) is 4.62. The SMILES string of the molecule is CCC1CCCCN1C(=O)C(C)OC(=O)c1ccc(NC(=O)c2cccs2)cc1. The van der Waals surface area contributed by atoms with E-state index in [1.54, 1.807) is 37.3 Å². The average molecular weight is 415 g/mol. The predicted octanol–water partition coefficient (Wildman–Crippen LogP) is 4.34. The second-order valence-electron chi connectivity index (χ2n) is 7.15. The maximum atomic E-state index is 12.7. The summed E-state index contributed by atoms with van der Waals surface area (Å²) in [6.07, 6.45) is 3.20. The number of thiophene rings is 1. The topological polar surface area (TPSA) is 75.7 Å². The van der Waals surface area contributed by atoms with Gasteiger partial charge in [-0.05, 0) is 68.3 Å². The van der Waals surface area contributed by atoms with E-state index in [9.17, 15) is 14.4 Å². The molecule has 154 valence electrons. The van der Waals surface area contributed by atoms with Gasteiger partial charge in [0.25, 0.3) is 11.8 Å². The fourth-order valence-corrected chi connectivity index (χ4v) is 4.14. The van der Waals surface area contributed by atoms with E-state index in [0.717, 1.165) is 32.2 Å². The van der Waals surface area contributed by atoms with Crippen LogP contribution in [0.5, 0.6) is 0 Å². The molecule has 1 aromatic heterocycles. The van der Waals surface area contributed by atoms with Gasteiger partial charge in [-0.2, -0.15) is 0 Å². The van der Waals surface area contributed by atoms with Crippen molar-refractivity contribution >= 4 is 34.8 Å². The first-order valence-electron chi connectivity index (χ1n) is 9.96. The zero-order valence-corrected chi connectivity index (χ0v) is 17.5. The summed E-state index contributed by atoms with van der Waals surface area (Å²) < 4.78 is 5.41. The van der Waals surface area contributed by atoms with E-state index in [4.69, 9.17) is 4.74 Å². The van der Waals surface area contributed by atoms with Crippen molar-refractivity contribution in [2.24, 2.45) is 0 Å². The van der Waals surface area contributed by atoms with Gasteiger partial charge in [-0.1, -0.05) is 13.0 Å². The number of ether oxygens (including phenoxy) is 1. The molecular formula is C22H26N2O4S. The Hall–Kier alpha value is -2.67. The van der Waals surface area contributed by atoms with E-state index in [2.05, 4.69) is 12.2 Å². The van der Waals surface area contributed by atoms with E-state index in [1.165, 1.54) is 11.3 Å². The van der Waals surface area contributed by atoms with Crippen molar-refractivity contribution in [3.63, 3.8) is 0 Å². The highest BCUT2D eigenvalue weighted by Crippen LogP contribution is 2.21. The van der Waals surface area contributed by atoms with Gasteiger partial charge < -0.3 is 15.0 Å². The Bertz CT molecular complexity index is 848. The van der Waals surface area contributed by atoms with Gasteiger partial charge in [0.05, 0.1) is 10.4 Å². The summed E-state index contributed by atoms with van der Waals surface area (Å²) in [7, 11) is 0. The van der Waals surface area contributed by atoms with Crippen molar-refractivity contribution < 1.29 is 19.1 Å². The monoisotopic (exact) mass is 414 g/mol. The lowest BCUT2D eigenvalue weighted by molar-refractivity contribution is -0.143. The van der Waals surface area contributed by atoms with E-state index in [1.807, 2.05) is 16.3 Å². The lowest BCUT2D eigenvalue weighted by atomic mass is 9.99. The first-order valence-corrected chi connectivity index (χ1v) is 10.8. The van der Waals surface area contributed by atoms with Crippen LogP contribution in [-0.2, 0) is 9.53 Å². The summed E-state index contributed by atoms with van der Waals surface area (Å²) >= 11 is 1.36. The van der Waals surface area contributed by atoms with Crippen LogP contribution in [-0.4, -0.2) is 41.4 Å². The van der Waals surface area contributed by atoms with Gasteiger partial charge in [-0.25, -0.2) is 4.79 Å². The summed E-state index contributed by atoms with van der Waals surface area (Å²) in [4.78, 5) is 39.7. The van der Waals surface area contributed by atoms with Crippen molar-refractivity contribution in [3.8, 4) is 0 Å². The third-order valence-corrected chi connectivity index (χ3v) is 6.01. The highest BCUT2D eigenvalue weighted by molar-refractivity contribution is 7.12. The van der Waals surface area contributed by atoms with Crippen molar-refractivity contribution in [2.45, 2.75) is 51.7 Å². The minimum Gasteiger partial charge on any atom is -0.449 e. The van der Waals surface area contributed by atoms with Crippen LogP contribution in [0.4, 0.5) is 5.69 Å². The molecular weight excluding hydrogens is 388 g/mol. The van der Waals surface area contributed by atoms with Gasteiger partial charge in [0.15, 0.2) is 6.10 Å².